The van der Waals surface area contributed by atoms with Crippen LogP contribution in [0.2, 0.25) is 18.1 Å². The van der Waals surface area contributed by atoms with Gasteiger partial charge in [0, 0.05) is 0 Å². The predicted octanol–water partition coefficient (Wildman–Crippen LogP) is 3.06. The van der Waals surface area contributed by atoms with E-state index in [1.54, 1.807) is 0 Å². The summed E-state index contributed by atoms with van der Waals surface area (Å²) in [5.41, 5.74) is 0. The molecule has 0 bridgehead atoms. The van der Waals surface area contributed by atoms with Crippen LogP contribution in [0.25, 0.3) is 0 Å². The largest absolute Gasteiger partial charge is 0.440 e. The van der Waals surface area contributed by atoms with Gasteiger partial charge in [-0.25, -0.2) is 4.79 Å². The predicted molar refractivity (Wildman–Crippen MR) is 75.2 cm³/mol. The molecule has 0 unspecified atom stereocenters. The van der Waals surface area contributed by atoms with Crippen LogP contribution in [-0.4, -0.2) is 33.2 Å². The van der Waals surface area contributed by atoms with Gasteiger partial charge in [-0.3, -0.25) is 0 Å². The lowest BCUT2D eigenvalue weighted by atomic mass is 10.2. The second-order valence-corrected chi connectivity index (χ2v) is 11.0. The fourth-order valence-electron chi connectivity index (χ4n) is 1.49. The van der Waals surface area contributed by atoms with E-state index in [0.29, 0.717) is 6.61 Å². The highest BCUT2D eigenvalue weighted by atomic mass is 28.4. The second-order valence-electron chi connectivity index (χ2n) is 6.22. The van der Waals surface area contributed by atoms with Gasteiger partial charge in [0.25, 0.3) is 0 Å². The Morgan fingerprint density at radius 1 is 1.44 bits per heavy atom. The Labute approximate surface area is 111 Å². The minimum Gasteiger partial charge on any atom is -0.440 e. The Kier molecular flexibility index (Phi) is 4.61. The molecule has 1 fully saturated rings. The van der Waals surface area contributed by atoms with Gasteiger partial charge >= 0.3 is 6.09 Å². The van der Waals surface area contributed by atoms with Crippen LogP contribution in [0, 0.1) is 0 Å². The number of hydrogen-bond acceptors (Lipinski definition) is 3. The van der Waals surface area contributed by atoms with Crippen LogP contribution in [0.5, 0.6) is 0 Å². The van der Waals surface area contributed by atoms with Crippen molar-refractivity contribution in [2.24, 2.45) is 0 Å². The van der Waals surface area contributed by atoms with E-state index in [9.17, 15) is 4.79 Å². The lowest BCUT2D eigenvalue weighted by Gasteiger charge is -2.37. The molecule has 4 nitrogen and oxygen atoms in total. The zero-order valence-corrected chi connectivity index (χ0v) is 13.2. The highest BCUT2D eigenvalue weighted by molar-refractivity contribution is 6.74. The number of carbonyl (C=O) groups excluding carboxylic acids is 1. The standard InChI is InChI=1S/C13H25NO3Si/c1-7-8-11-10(14-12(15)17-11)9-16-18(5,6)13(2,3)4/h7-8,10-11H,9H2,1-6H3,(H,14,15)/b8-7-/t10-,11+/m0/s1. The molecule has 0 radical (unpaired) electrons. The zero-order chi connectivity index (χ0) is 14.0. The lowest BCUT2D eigenvalue weighted by molar-refractivity contribution is 0.144. The number of amides is 1. The van der Waals surface area contributed by atoms with Gasteiger partial charge in [-0.2, -0.15) is 0 Å². The molecule has 18 heavy (non-hydrogen) atoms. The number of allylic oxidation sites excluding steroid dienone is 1. The highest BCUT2D eigenvalue weighted by Crippen LogP contribution is 2.36. The molecule has 1 aliphatic rings. The summed E-state index contributed by atoms with van der Waals surface area (Å²) in [4.78, 5) is 11.2. The Morgan fingerprint density at radius 3 is 2.56 bits per heavy atom. The molecule has 1 amide bonds. The molecule has 0 spiro atoms. The number of cyclic esters (lactones) is 1. The van der Waals surface area contributed by atoms with Crippen LogP contribution in [0.15, 0.2) is 12.2 Å². The van der Waals surface area contributed by atoms with Gasteiger partial charge in [0.15, 0.2) is 8.32 Å². The van der Waals surface area contributed by atoms with Gasteiger partial charge in [0.1, 0.15) is 6.10 Å². The van der Waals surface area contributed by atoms with Crippen LogP contribution < -0.4 is 5.32 Å². The molecular formula is C13H25NO3Si. The molecule has 1 N–H and O–H groups in total. The first-order valence-electron chi connectivity index (χ1n) is 6.41. The Morgan fingerprint density at radius 2 is 2.06 bits per heavy atom. The normalized spacial score (nSPS) is 25.3. The van der Waals surface area contributed by atoms with Crippen LogP contribution in [-0.2, 0) is 9.16 Å². The van der Waals surface area contributed by atoms with Crippen molar-refractivity contribution in [1.82, 2.24) is 5.32 Å². The van der Waals surface area contributed by atoms with E-state index in [1.165, 1.54) is 0 Å². The van der Waals surface area contributed by atoms with Gasteiger partial charge in [-0.15, -0.1) is 0 Å². The van der Waals surface area contributed by atoms with Crippen molar-refractivity contribution in [3.05, 3.63) is 12.2 Å². The monoisotopic (exact) mass is 271 g/mol. The number of alkyl carbamates (subject to hydrolysis) is 1. The first kappa shape index (κ1) is 15.2. The second kappa shape index (κ2) is 5.44. The Bertz CT molecular complexity index is 334. The quantitative estimate of drug-likeness (QED) is 0.631. The summed E-state index contributed by atoms with van der Waals surface area (Å²) in [7, 11) is -1.78. The van der Waals surface area contributed by atoms with E-state index in [-0.39, 0.29) is 23.3 Å². The molecule has 0 aromatic carbocycles. The average Bonchev–Trinajstić information content (AvgIpc) is 2.55. The van der Waals surface area contributed by atoms with Crippen molar-refractivity contribution in [1.29, 1.82) is 0 Å². The topological polar surface area (TPSA) is 47.6 Å². The molecule has 2 atom stereocenters. The molecule has 0 aromatic heterocycles. The van der Waals surface area contributed by atoms with Crippen LogP contribution in [0.4, 0.5) is 4.79 Å². The van der Waals surface area contributed by atoms with Crippen molar-refractivity contribution in [2.75, 3.05) is 6.61 Å². The minimum absolute atomic E-state index is 0.0807. The Hall–Kier alpha value is -0.813. The number of carbonyl (C=O) groups is 1. The number of ether oxygens (including phenoxy) is 1. The minimum atomic E-state index is -1.78. The van der Waals surface area contributed by atoms with E-state index in [2.05, 4.69) is 39.2 Å². The third-order valence-corrected chi connectivity index (χ3v) is 8.26. The van der Waals surface area contributed by atoms with Crippen molar-refractivity contribution in [3.63, 3.8) is 0 Å². The summed E-state index contributed by atoms with van der Waals surface area (Å²) >= 11 is 0. The summed E-state index contributed by atoms with van der Waals surface area (Å²) in [5, 5.41) is 2.97. The molecule has 0 aromatic rings. The lowest BCUT2D eigenvalue weighted by Crippen LogP contribution is -2.45. The van der Waals surface area contributed by atoms with Gasteiger partial charge in [-0.05, 0) is 31.1 Å². The average molecular weight is 271 g/mol. The summed E-state index contributed by atoms with van der Waals surface area (Å²) < 4.78 is 11.3. The first-order valence-corrected chi connectivity index (χ1v) is 9.32. The van der Waals surface area contributed by atoms with E-state index < -0.39 is 8.32 Å². The zero-order valence-electron chi connectivity index (χ0n) is 12.2. The maximum atomic E-state index is 11.2. The third kappa shape index (κ3) is 3.59. The number of rotatable bonds is 4. The van der Waals surface area contributed by atoms with Crippen molar-refractivity contribution in [3.8, 4) is 0 Å². The molecule has 1 heterocycles. The molecule has 0 aliphatic carbocycles. The van der Waals surface area contributed by atoms with E-state index >= 15 is 0 Å². The van der Waals surface area contributed by atoms with Gasteiger partial charge in [0.2, 0.25) is 0 Å². The SMILES string of the molecule is C/C=C\[C@H]1OC(=O)N[C@H]1CO[Si](C)(C)C(C)(C)C. The summed E-state index contributed by atoms with van der Waals surface area (Å²) in [6, 6.07) is -0.0807. The molecule has 104 valence electrons. The third-order valence-electron chi connectivity index (χ3n) is 3.75. The fraction of sp³-hybridized carbons (Fsp3) is 0.769. The molecule has 1 saturated heterocycles. The van der Waals surface area contributed by atoms with Crippen LogP contribution in [0.1, 0.15) is 27.7 Å². The van der Waals surface area contributed by atoms with Crippen molar-refractivity contribution < 1.29 is 14.0 Å². The molecular weight excluding hydrogens is 246 g/mol. The van der Waals surface area contributed by atoms with Crippen molar-refractivity contribution in [2.45, 2.75) is 58.0 Å². The number of hydrogen-bond donors (Lipinski definition) is 1. The highest BCUT2D eigenvalue weighted by Gasteiger charge is 2.40. The van der Waals surface area contributed by atoms with Gasteiger partial charge in [0.05, 0.1) is 12.6 Å². The summed E-state index contributed by atoms with van der Waals surface area (Å²) in [6.45, 7) is 13.4. The number of nitrogens with one attached hydrogen (secondary N) is 1. The molecule has 5 heteroatoms. The first-order chi connectivity index (χ1) is 8.17. The maximum Gasteiger partial charge on any atom is 0.408 e. The van der Waals surface area contributed by atoms with Gasteiger partial charge in [-0.1, -0.05) is 26.8 Å². The van der Waals surface area contributed by atoms with E-state index in [0.717, 1.165) is 0 Å². The molecule has 0 saturated carbocycles. The smallest absolute Gasteiger partial charge is 0.408 e. The van der Waals surface area contributed by atoms with Crippen LogP contribution in [0.3, 0.4) is 0 Å². The summed E-state index contributed by atoms with van der Waals surface area (Å²) in [6.07, 6.45) is 3.20. The maximum absolute atomic E-state index is 11.2. The summed E-state index contributed by atoms with van der Waals surface area (Å²) in [5.74, 6) is 0. The van der Waals surface area contributed by atoms with Crippen LogP contribution >= 0.6 is 0 Å². The van der Waals surface area contributed by atoms with E-state index in [4.69, 9.17) is 9.16 Å². The van der Waals surface area contributed by atoms with E-state index in [1.807, 2.05) is 19.1 Å². The molecule has 1 rings (SSSR count). The Balaban J connectivity index is 2.60. The van der Waals surface area contributed by atoms with Gasteiger partial charge < -0.3 is 14.5 Å². The molecule has 1 aliphatic heterocycles. The fourth-order valence-corrected chi connectivity index (χ4v) is 2.52. The van der Waals surface area contributed by atoms with Crippen molar-refractivity contribution >= 4 is 14.4 Å².